The van der Waals surface area contributed by atoms with Gasteiger partial charge in [-0.25, -0.2) is 0 Å². The molecular weight excluding hydrogens is 402 g/mol. The Morgan fingerprint density at radius 1 is 1.17 bits per heavy atom. The van der Waals surface area contributed by atoms with E-state index in [9.17, 15) is 9.90 Å². The Labute approximate surface area is 178 Å². The van der Waals surface area contributed by atoms with E-state index >= 15 is 0 Å². The molecule has 0 amide bonds. The van der Waals surface area contributed by atoms with Crippen molar-refractivity contribution in [1.82, 2.24) is 14.9 Å². The van der Waals surface area contributed by atoms with Crippen LogP contribution in [0.4, 0.5) is 0 Å². The number of nitrogens with zero attached hydrogens (tertiary/aromatic N) is 1. The van der Waals surface area contributed by atoms with Gasteiger partial charge in [0.1, 0.15) is 0 Å². The zero-order valence-electron chi connectivity index (χ0n) is 17.0. The second kappa shape index (κ2) is 7.97. The summed E-state index contributed by atoms with van der Waals surface area (Å²) in [5, 5.41) is 14.6. The maximum atomic E-state index is 12.9. The standard InChI is InChI=1S/C22H23N3O4S/c1-12-6-4-5-7-15(12)25-21(27)18(20(26)24-22(25)30)19-14-11-17(29-3)16(28-2)10-13(14)8-9-23-19/h4-7,10-11,19,23,27H,8-9H2,1-3H3,(H,24,26,30)/t19-/m0/s1. The zero-order chi connectivity index (χ0) is 21.4. The number of rotatable bonds is 4. The van der Waals surface area contributed by atoms with Gasteiger partial charge in [-0.1, -0.05) is 18.2 Å². The molecule has 7 nitrogen and oxygen atoms in total. The van der Waals surface area contributed by atoms with Crippen LogP contribution in [0.1, 0.15) is 28.3 Å². The molecule has 0 spiro atoms. The number of fused-ring (bicyclic) bond motifs is 1. The second-order valence-corrected chi connectivity index (χ2v) is 7.55. The smallest absolute Gasteiger partial charge is 0.260 e. The average Bonchev–Trinajstić information content (AvgIpc) is 2.73. The molecule has 0 bridgehead atoms. The van der Waals surface area contributed by atoms with Gasteiger partial charge in [-0.15, -0.1) is 0 Å². The van der Waals surface area contributed by atoms with E-state index in [2.05, 4.69) is 10.3 Å². The van der Waals surface area contributed by atoms with E-state index in [1.807, 2.05) is 43.3 Å². The SMILES string of the molecule is COc1cc2c(cc1OC)[C@@H](c1c(O)n(-c3ccccc3C)c(=S)[nH]c1=O)NCC2. The molecule has 0 saturated carbocycles. The third kappa shape index (κ3) is 3.28. The van der Waals surface area contributed by atoms with Gasteiger partial charge in [0.25, 0.3) is 5.56 Å². The monoisotopic (exact) mass is 425 g/mol. The Kier molecular flexibility index (Phi) is 5.36. The van der Waals surface area contributed by atoms with Gasteiger partial charge in [0.05, 0.1) is 31.5 Å². The Balaban J connectivity index is 1.96. The highest BCUT2D eigenvalue weighted by Gasteiger charge is 2.30. The lowest BCUT2D eigenvalue weighted by atomic mass is 9.90. The minimum atomic E-state index is -0.525. The zero-order valence-corrected chi connectivity index (χ0v) is 17.8. The molecule has 1 aliphatic heterocycles. The number of hydrogen-bond donors (Lipinski definition) is 3. The molecule has 8 heteroatoms. The lowest BCUT2D eigenvalue weighted by Crippen LogP contribution is -2.35. The number of aryl methyl sites for hydroxylation is 1. The van der Waals surface area contributed by atoms with E-state index in [1.165, 1.54) is 4.57 Å². The van der Waals surface area contributed by atoms with Crippen LogP contribution < -0.4 is 20.3 Å². The Bertz CT molecular complexity index is 1230. The molecule has 0 unspecified atom stereocenters. The largest absolute Gasteiger partial charge is 0.494 e. The number of aromatic amines is 1. The highest BCUT2D eigenvalue weighted by Crippen LogP contribution is 2.38. The first-order valence-electron chi connectivity index (χ1n) is 9.58. The van der Waals surface area contributed by atoms with Gasteiger partial charge >= 0.3 is 0 Å². The predicted octanol–water partition coefficient (Wildman–Crippen LogP) is 3.16. The van der Waals surface area contributed by atoms with Crippen molar-refractivity contribution in [3.8, 4) is 23.1 Å². The summed E-state index contributed by atoms with van der Waals surface area (Å²) >= 11 is 5.37. The molecule has 0 fully saturated rings. The van der Waals surface area contributed by atoms with Crippen LogP contribution in [0.25, 0.3) is 5.69 Å². The lowest BCUT2D eigenvalue weighted by molar-refractivity contribution is 0.352. The highest BCUT2D eigenvalue weighted by atomic mass is 32.1. The minimum absolute atomic E-state index is 0.138. The molecule has 0 aliphatic carbocycles. The summed E-state index contributed by atoms with van der Waals surface area (Å²) in [4.78, 5) is 15.6. The van der Waals surface area contributed by atoms with Crippen LogP contribution in [0, 0.1) is 11.7 Å². The maximum absolute atomic E-state index is 12.9. The molecule has 1 aliphatic rings. The topological polar surface area (TPSA) is 88.5 Å². The number of aromatic nitrogens is 2. The van der Waals surface area contributed by atoms with Crippen LogP contribution >= 0.6 is 12.2 Å². The lowest BCUT2D eigenvalue weighted by Gasteiger charge is -2.29. The van der Waals surface area contributed by atoms with Crippen molar-refractivity contribution in [3.63, 3.8) is 0 Å². The molecule has 0 saturated heterocycles. The number of aromatic hydroxyl groups is 1. The summed E-state index contributed by atoms with van der Waals surface area (Å²) in [5.74, 6) is 1.01. The van der Waals surface area contributed by atoms with Gasteiger partial charge in [0, 0.05) is 6.54 Å². The van der Waals surface area contributed by atoms with Crippen LogP contribution in [0.5, 0.6) is 17.4 Å². The van der Waals surface area contributed by atoms with Crippen LogP contribution in [0.2, 0.25) is 0 Å². The number of methoxy groups -OCH3 is 2. The average molecular weight is 426 g/mol. The van der Waals surface area contributed by atoms with Crippen molar-refractivity contribution in [1.29, 1.82) is 0 Å². The summed E-state index contributed by atoms with van der Waals surface area (Å²) in [6.45, 7) is 2.57. The van der Waals surface area contributed by atoms with Gasteiger partial charge in [0.15, 0.2) is 16.3 Å². The van der Waals surface area contributed by atoms with E-state index < -0.39 is 11.6 Å². The van der Waals surface area contributed by atoms with Crippen molar-refractivity contribution in [2.45, 2.75) is 19.4 Å². The van der Waals surface area contributed by atoms with Gasteiger partial charge in [0.2, 0.25) is 5.88 Å². The molecule has 4 rings (SSSR count). The Hall–Kier alpha value is -3.10. The summed E-state index contributed by atoms with van der Waals surface area (Å²) in [6.07, 6.45) is 0.766. The van der Waals surface area contributed by atoms with Crippen molar-refractivity contribution in [2.75, 3.05) is 20.8 Å². The van der Waals surface area contributed by atoms with Crippen LogP contribution in [-0.4, -0.2) is 35.4 Å². The van der Waals surface area contributed by atoms with Crippen molar-refractivity contribution < 1.29 is 14.6 Å². The van der Waals surface area contributed by atoms with E-state index in [1.54, 1.807) is 14.2 Å². The third-order valence-corrected chi connectivity index (χ3v) is 5.75. The van der Waals surface area contributed by atoms with Gasteiger partial charge in [-0.05, 0) is 60.5 Å². The fraction of sp³-hybridized carbons (Fsp3) is 0.273. The molecule has 2 heterocycles. The molecule has 0 radical (unpaired) electrons. The number of hydrogen-bond acceptors (Lipinski definition) is 6. The molecule has 3 aromatic rings. The van der Waals surface area contributed by atoms with E-state index in [0.29, 0.717) is 23.7 Å². The summed E-state index contributed by atoms with van der Waals surface area (Å²) in [7, 11) is 3.16. The number of benzene rings is 2. The predicted molar refractivity (Wildman–Crippen MR) is 117 cm³/mol. The summed E-state index contributed by atoms with van der Waals surface area (Å²) in [5.41, 5.74) is 3.29. The third-order valence-electron chi connectivity index (χ3n) is 5.47. The highest BCUT2D eigenvalue weighted by molar-refractivity contribution is 7.71. The van der Waals surface area contributed by atoms with Crippen LogP contribution in [0.15, 0.2) is 41.2 Å². The molecule has 1 atom stereocenters. The summed E-state index contributed by atoms with van der Waals surface area (Å²) < 4.78 is 12.5. The first kappa shape index (κ1) is 20.2. The van der Waals surface area contributed by atoms with Crippen molar-refractivity contribution in [2.24, 2.45) is 0 Å². The number of para-hydroxylation sites is 1. The normalized spacial score (nSPS) is 15.5. The minimum Gasteiger partial charge on any atom is -0.494 e. The van der Waals surface area contributed by atoms with Crippen molar-refractivity contribution >= 4 is 12.2 Å². The number of nitrogens with one attached hydrogen (secondary N) is 2. The fourth-order valence-electron chi connectivity index (χ4n) is 3.98. The number of ether oxygens (including phenoxy) is 2. The molecule has 3 N–H and O–H groups in total. The molecule has 156 valence electrons. The summed E-state index contributed by atoms with van der Waals surface area (Å²) in [6, 6.07) is 10.8. The Morgan fingerprint density at radius 3 is 2.57 bits per heavy atom. The Morgan fingerprint density at radius 2 is 1.87 bits per heavy atom. The first-order chi connectivity index (χ1) is 14.5. The quantitative estimate of drug-likeness (QED) is 0.557. The van der Waals surface area contributed by atoms with Crippen molar-refractivity contribution in [3.05, 3.63) is 73.8 Å². The van der Waals surface area contributed by atoms with E-state index in [4.69, 9.17) is 21.7 Å². The van der Waals surface area contributed by atoms with Crippen LogP contribution in [0.3, 0.4) is 0 Å². The van der Waals surface area contributed by atoms with Crippen LogP contribution in [-0.2, 0) is 6.42 Å². The second-order valence-electron chi connectivity index (χ2n) is 7.16. The molecule has 2 aromatic carbocycles. The van der Waals surface area contributed by atoms with Gasteiger partial charge < -0.3 is 19.9 Å². The molecule has 1 aromatic heterocycles. The van der Waals surface area contributed by atoms with Gasteiger partial charge in [-0.2, -0.15) is 0 Å². The molecule has 30 heavy (non-hydrogen) atoms. The number of H-pyrrole nitrogens is 1. The molecular formula is C22H23N3O4S. The van der Waals surface area contributed by atoms with Gasteiger partial charge in [-0.3, -0.25) is 14.3 Å². The maximum Gasteiger partial charge on any atom is 0.260 e. The van der Waals surface area contributed by atoms with E-state index in [0.717, 1.165) is 23.1 Å². The fourth-order valence-corrected chi connectivity index (χ4v) is 4.25. The van der Waals surface area contributed by atoms with E-state index in [-0.39, 0.29) is 16.2 Å². The first-order valence-corrected chi connectivity index (χ1v) is 9.99.